The van der Waals surface area contributed by atoms with Crippen molar-refractivity contribution in [1.29, 1.82) is 0 Å². The van der Waals surface area contributed by atoms with Crippen molar-refractivity contribution in [2.45, 2.75) is 44.6 Å². The van der Waals surface area contributed by atoms with Gasteiger partial charge >= 0.3 is 0 Å². The summed E-state index contributed by atoms with van der Waals surface area (Å²) < 4.78 is 5.76. The maximum absolute atomic E-state index is 5.76. The van der Waals surface area contributed by atoms with Gasteiger partial charge in [-0.3, -0.25) is 0 Å². The van der Waals surface area contributed by atoms with Crippen molar-refractivity contribution < 1.29 is 4.74 Å². The first-order valence-corrected chi connectivity index (χ1v) is 5.96. The highest BCUT2D eigenvalue weighted by molar-refractivity contribution is 5.15. The predicted octanol–water partition coefficient (Wildman–Crippen LogP) is 3.74. The zero-order valence-corrected chi connectivity index (χ0v) is 9.19. The van der Waals surface area contributed by atoms with Gasteiger partial charge in [0.1, 0.15) is 0 Å². The van der Waals surface area contributed by atoms with Crippen molar-refractivity contribution in [2.75, 3.05) is 0 Å². The van der Waals surface area contributed by atoms with Gasteiger partial charge < -0.3 is 4.74 Å². The molecule has 0 amide bonds. The van der Waals surface area contributed by atoms with Crippen LogP contribution >= 0.6 is 0 Å². The fourth-order valence-electron chi connectivity index (χ4n) is 2.10. The number of hydrogen-bond donors (Lipinski definition) is 0. The van der Waals surface area contributed by atoms with E-state index in [1.54, 1.807) is 0 Å². The lowest BCUT2D eigenvalue weighted by molar-refractivity contribution is 0.0718. The van der Waals surface area contributed by atoms with Crippen molar-refractivity contribution in [1.82, 2.24) is 0 Å². The molecule has 0 aromatic heterocycles. The molecule has 2 rings (SSSR count). The van der Waals surface area contributed by atoms with E-state index < -0.39 is 0 Å². The lowest BCUT2D eigenvalue weighted by Crippen LogP contribution is -2.15. The van der Waals surface area contributed by atoms with E-state index >= 15 is 0 Å². The summed E-state index contributed by atoms with van der Waals surface area (Å²) in [6.07, 6.45) is 7.96. The van der Waals surface area contributed by atoms with Gasteiger partial charge in [-0.15, -0.1) is 0 Å². The van der Waals surface area contributed by atoms with Crippen molar-refractivity contribution in [2.24, 2.45) is 0 Å². The first kappa shape index (κ1) is 10.7. The van der Waals surface area contributed by atoms with E-state index in [1.165, 1.54) is 37.7 Å². The third kappa shape index (κ3) is 3.67. The highest BCUT2D eigenvalue weighted by Gasteiger charge is 2.13. The molecule has 15 heavy (non-hydrogen) atoms. The van der Waals surface area contributed by atoms with Gasteiger partial charge in [0.15, 0.2) is 0 Å². The molecule has 1 radical (unpaired) electrons. The fourth-order valence-corrected chi connectivity index (χ4v) is 2.10. The van der Waals surface area contributed by atoms with Crippen LogP contribution in [0.4, 0.5) is 0 Å². The van der Waals surface area contributed by atoms with Crippen molar-refractivity contribution >= 4 is 0 Å². The Morgan fingerprint density at radius 3 is 2.53 bits per heavy atom. The molecule has 0 aliphatic heterocycles. The van der Waals surface area contributed by atoms with Crippen molar-refractivity contribution in [3.8, 4) is 0 Å². The van der Waals surface area contributed by atoms with Gasteiger partial charge in [0.05, 0.1) is 12.7 Å². The van der Waals surface area contributed by atoms with Crippen molar-refractivity contribution in [3.05, 3.63) is 42.5 Å². The molecule has 1 saturated carbocycles. The SMILES string of the molecule is [CH](Cc1ccccc1)OC1CCCCC1. The minimum atomic E-state index is 0.488. The van der Waals surface area contributed by atoms with Crippen LogP contribution in [-0.4, -0.2) is 6.10 Å². The summed E-state index contributed by atoms with van der Waals surface area (Å²) in [6, 6.07) is 10.5. The van der Waals surface area contributed by atoms with Crippen LogP contribution in [0.3, 0.4) is 0 Å². The Labute approximate surface area is 92.5 Å². The van der Waals surface area contributed by atoms with Crippen molar-refractivity contribution in [3.63, 3.8) is 0 Å². The summed E-state index contributed by atoms with van der Waals surface area (Å²) >= 11 is 0. The molecule has 1 nitrogen and oxygen atoms in total. The van der Waals surface area contributed by atoms with E-state index in [0.29, 0.717) is 6.10 Å². The maximum atomic E-state index is 5.76. The fraction of sp³-hybridized carbons (Fsp3) is 0.500. The van der Waals surface area contributed by atoms with Gasteiger partial charge in [0, 0.05) is 6.42 Å². The molecule has 1 heteroatoms. The van der Waals surface area contributed by atoms with E-state index in [0.717, 1.165) is 6.42 Å². The average molecular weight is 203 g/mol. The van der Waals surface area contributed by atoms with Gasteiger partial charge in [-0.1, -0.05) is 49.6 Å². The second kappa shape index (κ2) is 5.92. The number of benzene rings is 1. The van der Waals surface area contributed by atoms with E-state index in [2.05, 4.69) is 24.3 Å². The third-order valence-corrected chi connectivity index (χ3v) is 3.00. The highest BCUT2D eigenvalue weighted by atomic mass is 16.5. The summed E-state index contributed by atoms with van der Waals surface area (Å²) in [5.41, 5.74) is 1.33. The maximum Gasteiger partial charge on any atom is 0.0884 e. The smallest absolute Gasteiger partial charge is 0.0884 e. The lowest BCUT2D eigenvalue weighted by atomic mass is 9.98. The van der Waals surface area contributed by atoms with E-state index in [-0.39, 0.29) is 0 Å². The second-order valence-corrected chi connectivity index (χ2v) is 4.25. The van der Waals surface area contributed by atoms with Crippen LogP contribution in [0.15, 0.2) is 30.3 Å². The molecular weight excluding hydrogens is 184 g/mol. The largest absolute Gasteiger partial charge is 0.372 e. The Morgan fingerprint density at radius 1 is 1.07 bits per heavy atom. The lowest BCUT2D eigenvalue weighted by Gasteiger charge is -2.21. The summed E-state index contributed by atoms with van der Waals surface area (Å²) in [5, 5.41) is 0. The zero-order chi connectivity index (χ0) is 10.3. The highest BCUT2D eigenvalue weighted by Crippen LogP contribution is 2.21. The number of hydrogen-bond acceptors (Lipinski definition) is 1. The Hall–Kier alpha value is -0.820. The molecule has 0 saturated heterocycles. The summed E-state index contributed by atoms with van der Waals surface area (Å²) in [4.78, 5) is 0. The molecule has 1 aliphatic carbocycles. The molecule has 0 N–H and O–H groups in total. The average Bonchev–Trinajstić information content (AvgIpc) is 2.32. The molecule has 0 spiro atoms. The van der Waals surface area contributed by atoms with Crippen LogP contribution in [0.1, 0.15) is 37.7 Å². The van der Waals surface area contributed by atoms with Gasteiger partial charge in [-0.25, -0.2) is 0 Å². The Morgan fingerprint density at radius 2 is 1.80 bits per heavy atom. The van der Waals surface area contributed by atoms with Crippen LogP contribution in [0.5, 0.6) is 0 Å². The summed E-state index contributed by atoms with van der Waals surface area (Å²) in [6.45, 7) is 1.98. The van der Waals surface area contributed by atoms with Crippen LogP contribution in [0.25, 0.3) is 0 Å². The molecule has 0 unspecified atom stereocenters. The molecule has 1 aromatic rings. The quantitative estimate of drug-likeness (QED) is 0.724. The number of rotatable bonds is 4. The van der Waals surface area contributed by atoms with Gasteiger partial charge in [-0.2, -0.15) is 0 Å². The topological polar surface area (TPSA) is 9.23 Å². The molecule has 81 valence electrons. The normalized spacial score (nSPS) is 17.9. The molecule has 0 heterocycles. The Bertz CT molecular complexity index is 262. The Balaban J connectivity index is 1.66. The first-order valence-electron chi connectivity index (χ1n) is 5.96. The number of ether oxygens (including phenoxy) is 1. The van der Waals surface area contributed by atoms with Crippen LogP contribution in [0.2, 0.25) is 0 Å². The second-order valence-electron chi connectivity index (χ2n) is 4.25. The van der Waals surface area contributed by atoms with Crippen LogP contribution in [0, 0.1) is 6.61 Å². The molecule has 1 aromatic carbocycles. The standard InChI is InChI=1S/C14H19O/c1-3-7-13(8-4-1)11-12-15-14-9-5-2-6-10-14/h1,3-4,7-8,12,14H,2,5-6,9-11H2. The third-order valence-electron chi connectivity index (χ3n) is 3.00. The molecule has 0 atom stereocenters. The predicted molar refractivity (Wildman–Crippen MR) is 62.4 cm³/mol. The zero-order valence-electron chi connectivity index (χ0n) is 9.19. The van der Waals surface area contributed by atoms with E-state index in [1.807, 2.05) is 12.7 Å². The minimum Gasteiger partial charge on any atom is -0.372 e. The van der Waals surface area contributed by atoms with E-state index in [4.69, 9.17) is 4.74 Å². The van der Waals surface area contributed by atoms with Gasteiger partial charge in [0.25, 0.3) is 0 Å². The van der Waals surface area contributed by atoms with Gasteiger partial charge in [-0.05, 0) is 18.4 Å². The molecule has 1 aliphatic rings. The van der Waals surface area contributed by atoms with Crippen LogP contribution in [-0.2, 0) is 11.2 Å². The van der Waals surface area contributed by atoms with Crippen LogP contribution < -0.4 is 0 Å². The molecule has 1 fully saturated rings. The van der Waals surface area contributed by atoms with E-state index in [9.17, 15) is 0 Å². The van der Waals surface area contributed by atoms with Gasteiger partial charge in [0.2, 0.25) is 0 Å². The monoisotopic (exact) mass is 203 g/mol. The molecule has 0 bridgehead atoms. The molecular formula is C14H19O. The first-order chi connectivity index (χ1) is 7.45. The summed E-state index contributed by atoms with van der Waals surface area (Å²) in [7, 11) is 0. The summed E-state index contributed by atoms with van der Waals surface area (Å²) in [5.74, 6) is 0. The minimum absolute atomic E-state index is 0.488. The Kier molecular flexibility index (Phi) is 4.22.